The van der Waals surface area contributed by atoms with Crippen molar-refractivity contribution < 1.29 is 14.6 Å². The van der Waals surface area contributed by atoms with Crippen molar-refractivity contribution in [3.8, 4) is 0 Å². The first-order valence-electron chi connectivity index (χ1n) is 10.5. The molecule has 2 heterocycles. The molecule has 1 N–H and O–H groups in total. The Morgan fingerprint density at radius 3 is 2.56 bits per heavy atom. The maximum absolute atomic E-state index is 12.9. The van der Waals surface area contributed by atoms with Gasteiger partial charge in [0.05, 0.1) is 9.85 Å². The maximum atomic E-state index is 12.9. The molecule has 0 spiro atoms. The van der Waals surface area contributed by atoms with Crippen LogP contribution in [0.2, 0.25) is 0 Å². The van der Waals surface area contributed by atoms with Crippen molar-refractivity contribution in [2.45, 2.75) is 36.2 Å². The van der Waals surface area contributed by atoms with Crippen LogP contribution in [0.25, 0.3) is 0 Å². The number of non-ortho nitro benzene ring substituents is 2. The number of carbonyl (C=O) groups excluding carboxylic acids is 1. The largest absolute Gasteiger partial charge is 0.328 e. The zero-order valence-electron chi connectivity index (χ0n) is 17.7. The lowest BCUT2D eigenvalue weighted by Gasteiger charge is -2.32. The van der Waals surface area contributed by atoms with Crippen LogP contribution in [0.15, 0.2) is 65.0 Å². The Hall–Kier alpha value is -4.06. The molecule has 1 unspecified atom stereocenters. The van der Waals surface area contributed by atoms with Gasteiger partial charge in [0.15, 0.2) is 5.78 Å². The normalized spacial score (nSPS) is 17.1. The van der Waals surface area contributed by atoms with E-state index >= 15 is 0 Å². The first-order chi connectivity index (χ1) is 16.4. The average Bonchev–Trinajstić information content (AvgIpc) is 3.24. The number of allylic oxidation sites excluding steroid dienone is 2. The fraction of sp³-hybridized carbons (Fsp3) is 0.227. The second-order valence-corrected chi connectivity index (χ2v) is 8.87. The number of ketones is 1. The number of rotatable bonds is 6. The smallest absolute Gasteiger partial charge is 0.269 e. The summed E-state index contributed by atoms with van der Waals surface area (Å²) in [4.78, 5) is 38.8. The van der Waals surface area contributed by atoms with Crippen LogP contribution < -0.4 is 5.32 Å². The third kappa shape index (κ3) is 4.03. The topological polar surface area (TPSA) is 146 Å². The minimum absolute atomic E-state index is 0.00788. The van der Waals surface area contributed by atoms with Gasteiger partial charge in [-0.15, -0.1) is 5.10 Å². The Morgan fingerprint density at radius 2 is 1.82 bits per heavy atom. The van der Waals surface area contributed by atoms with Crippen LogP contribution in [0.5, 0.6) is 0 Å². The maximum Gasteiger partial charge on any atom is 0.269 e. The van der Waals surface area contributed by atoms with Crippen LogP contribution >= 0.6 is 11.8 Å². The van der Waals surface area contributed by atoms with Crippen molar-refractivity contribution in [2.75, 3.05) is 5.32 Å². The summed E-state index contributed by atoms with van der Waals surface area (Å²) in [5.41, 5.74) is 2.77. The number of thioether (sulfide) groups is 1. The van der Waals surface area contributed by atoms with E-state index in [4.69, 9.17) is 0 Å². The highest BCUT2D eigenvalue weighted by molar-refractivity contribution is 7.98. The quantitative estimate of drug-likeness (QED) is 0.309. The molecule has 0 saturated heterocycles. The molecule has 1 aliphatic heterocycles. The number of fused-ring (bicyclic) bond motifs is 1. The van der Waals surface area contributed by atoms with E-state index in [1.54, 1.807) is 28.9 Å². The zero-order chi connectivity index (χ0) is 23.8. The summed E-state index contributed by atoms with van der Waals surface area (Å²) in [5, 5.41) is 30.5. The summed E-state index contributed by atoms with van der Waals surface area (Å²) in [5.74, 6) is 0.956. The highest BCUT2D eigenvalue weighted by atomic mass is 32.2. The number of nitrogens with zero attached hydrogens (tertiary/aromatic N) is 5. The molecule has 3 aromatic rings. The highest BCUT2D eigenvalue weighted by Crippen LogP contribution is 2.41. The Balaban J connectivity index is 1.48. The highest BCUT2D eigenvalue weighted by Gasteiger charge is 2.37. The van der Waals surface area contributed by atoms with Gasteiger partial charge in [-0.2, -0.15) is 4.98 Å². The fourth-order valence-corrected chi connectivity index (χ4v) is 4.96. The Kier molecular flexibility index (Phi) is 5.57. The third-order valence-electron chi connectivity index (χ3n) is 5.76. The molecule has 0 bridgehead atoms. The number of nitro groups is 2. The van der Waals surface area contributed by atoms with Gasteiger partial charge in [-0.05, 0) is 24.0 Å². The van der Waals surface area contributed by atoms with E-state index in [1.165, 1.54) is 36.0 Å². The van der Waals surface area contributed by atoms with Gasteiger partial charge in [0, 0.05) is 47.7 Å². The number of anilines is 1. The number of aromatic nitrogens is 3. The molecule has 1 aromatic heterocycles. The molecule has 1 aliphatic carbocycles. The second-order valence-electron chi connectivity index (χ2n) is 7.92. The lowest BCUT2D eigenvalue weighted by Crippen LogP contribution is -2.31. The van der Waals surface area contributed by atoms with E-state index in [-0.39, 0.29) is 17.2 Å². The van der Waals surface area contributed by atoms with Crippen molar-refractivity contribution >= 4 is 34.9 Å². The molecule has 5 rings (SSSR count). The molecular formula is C22H18N6O5S. The molecule has 11 nitrogen and oxygen atoms in total. The van der Waals surface area contributed by atoms with Gasteiger partial charge < -0.3 is 5.32 Å². The van der Waals surface area contributed by atoms with Gasteiger partial charge in [-0.25, -0.2) is 4.68 Å². The average molecular weight is 478 g/mol. The van der Waals surface area contributed by atoms with Crippen LogP contribution in [0.3, 0.4) is 0 Å². The fourth-order valence-electron chi connectivity index (χ4n) is 4.18. The first kappa shape index (κ1) is 21.8. The van der Waals surface area contributed by atoms with Gasteiger partial charge in [0.2, 0.25) is 11.1 Å². The van der Waals surface area contributed by atoms with Crippen molar-refractivity contribution in [3.05, 3.63) is 91.2 Å². The summed E-state index contributed by atoms with van der Waals surface area (Å²) >= 11 is 1.36. The molecule has 172 valence electrons. The van der Waals surface area contributed by atoms with E-state index in [0.717, 1.165) is 17.7 Å². The first-order valence-corrected chi connectivity index (χ1v) is 11.5. The molecule has 34 heavy (non-hydrogen) atoms. The van der Waals surface area contributed by atoms with E-state index in [9.17, 15) is 25.0 Å². The summed E-state index contributed by atoms with van der Waals surface area (Å²) in [6, 6.07) is 11.9. The van der Waals surface area contributed by atoms with Crippen molar-refractivity contribution in [3.63, 3.8) is 0 Å². The molecule has 12 heteroatoms. The minimum Gasteiger partial charge on any atom is -0.328 e. The molecule has 0 fully saturated rings. The van der Waals surface area contributed by atoms with E-state index < -0.39 is 15.9 Å². The van der Waals surface area contributed by atoms with Crippen molar-refractivity contribution in [1.82, 2.24) is 14.8 Å². The van der Waals surface area contributed by atoms with Crippen LogP contribution in [0, 0.1) is 20.2 Å². The summed E-state index contributed by atoms with van der Waals surface area (Å²) in [7, 11) is 0. The number of hydrogen-bond donors (Lipinski definition) is 1. The molecule has 2 aliphatic rings. The van der Waals surface area contributed by atoms with Gasteiger partial charge in [-0.3, -0.25) is 25.0 Å². The molecule has 2 aromatic carbocycles. The van der Waals surface area contributed by atoms with E-state index in [2.05, 4.69) is 15.4 Å². The van der Waals surface area contributed by atoms with Gasteiger partial charge in [-0.1, -0.05) is 36.0 Å². The number of nitrogens with one attached hydrogen (secondary N) is 1. The standard InChI is InChI=1S/C22H18N6O5S/c29-18-6-2-5-17-19(18)20(14-3-1-4-16(11-14)28(32)33)26-21(23-17)24-22(25-26)34-12-13-7-9-15(10-8-13)27(30)31/h1,3-4,7-11,20H,2,5-6,12H2,(H,23,24,25). The minimum atomic E-state index is -0.611. The molecule has 0 amide bonds. The summed E-state index contributed by atoms with van der Waals surface area (Å²) < 4.78 is 1.61. The van der Waals surface area contributed by atoms with Gasteiger partial charge >= 0.3 is 0 Å². The van der Waals surface area contributed by atoms with Crippen LogP contribution in [0.1, 0.15) is 36.4 Å². The number of benzene rings is 2. The van der Waals surface area contributed by atoms with Gasteiger partial charge in [0.1, 0.15) is 6.04 Å². The Morgan fingerprint density at radius 1 is 1.06 bits per heavy atom. The van der Waals surface area contributed by atoms with Crippen LogP contribution in [-0.4, -0.2) is 30.4 Å². The number of Topliss-reactive ketones (excluding diaryl/α,β-unsaturated/α-hetero) is 1. The van der Waals surface area contributed by atoms with E-state index in [0.29, 0.717) is 40.8 Å². The number of carbonyl (C=O) groups is 1. The molecule has 0 radical (unpaired) electrons. The molecular weight excluding hydrogens is 460 g/mol. The van der Waals surface area contributed by atoms with Crippen LogP contribution in [-0.2, 0) is 10.5 Å². The summed E-state index contributed by atoms with van der Waals surface area (Å²) in [6.45, 7) is 0. The van der Waals surface area contributed by atoms with Crippen molar-refractivity contribution in [2.24, 2.45) is 0 Å². The lowest BCUT2D eigenvalue weighted by atomic mass is 9.85. The SMILES string of the molecule is O=C1CCCC2=C1C(c1cccc([N+](=O)[O-])c1)n1nc(SCc3ccc([N+](=O)[O-])cc3)nc1N2. The number of hydrogen-bond acceptors (Lipinski definition) is 9. The third-order valence-corrected chi connectivity index (χ3v) is 6.67. The number of nitro benzene ring substituents is 2. The van der Waals surface area contributed by atoms with Crippen molar-refractivity contribution in [1.29, 1.82) is 0 Å². The zero-order valence-corrected chi connectivity index (χ0v) is 18.5. The predicted octanol–water partition coefficient (Wildman–Crippen LogP) is 4.41. The Labute approximate surface area is 197 Å². The second kappa shape index (κ2) is 8.71. The van der Waals surface area contributed by atoms with Gasteiger partial charge in [0.25, 0.3) is 11.4 Å². The lowest BCUT2D eigenvalue weighted by molar-refractivity contribution is -0.385. The molecule has 1 atom stereocenters. The Bertz CT molecular complexity index is 1350. The summed E-state index contributed by atoms with van der Waals surface area (Å²) in [6.07, 6.45) is 1.82. The molecule has 0 saturated carbocycles. The van der Waals surface area contributed by atoms with Crippen LogP contribution in [0.4, 0.5) is 17.3 Å². The monoisotopic (exact) mass is 478 g/mol. The predicted molar refractivity (Wildman–Crippen MR) is 123 cm³/mol. The van der Waals surface area contributed by atoms with E-state index in [1.807, 2.05) is 0 Å².